The largest absolute Gasteiger partial charge is 0.375 e. The summed E-state index contributed by atoms with van der Waals surface area (Å²) in [7, 11) is 0. The van der Waals surface area contributed by atoms with Crippen LogP contribution in [0.25, 0.3) is 0 Å². The SMILES string of the molecule is NC(=O)C(=[NH2+])c1ccccc1NCC(=O)N1C2CC(C2)C1C(=O)Nc1cccc(Br)n1. The Morgan fingerprint density at radius 2 is 1.90 bits per heavy atom. The molecule has 3 heterocycles. The Labute approximate surface area is 187 Å². The molecule has 10 heteroatoms. The topological polar surface area (TPSA) is 143 Å². The number of fused-ring (bicyclic) bond motifs is 1. The van der Waals surface area contributed by atoms with E-state index in [9.17, 15) is 14.4 Å². The lowest BCUT2D eigenvalue weighted by Gasteiger charge is -2.26. The van der Waals surface area contributed by atoms with E-state index >= 15 is 0 Å². The van der Waals surface area contributed by atoms with Gasteiger partial charge in [-0.25, -0.2) is 10.4 Å². The highest BCUT2D eigenvalue weighted by molar-refractivity contribution is 9.10. The molecule has 3 fully saturated rings. The predicted molar refractivity (Wildman–Crippen MR) is 118 cm³/mol. The van der Waals surface area contributed by atoms with Gasteiger partial charge in [0.2, 0.25) is 11.8 Å². The number of rotatable bonds is 7. The lowest BCUT2D eigenvalue weighted by molar-refractivity contribution is -0.135. The van der Waals surface area contributed by atoms with Gasteiger partial charge in [-0.05, 0) is 59.0 Å². The Morgan fingerprint density at radius 3 is 2.61 bits per heavy atom. The van der Waals surface area contributed by atoms with Crippen LogP contribution in [0.2, 0.25) is 0 Å². The number of pyridine rings is 1. The molecule has 2 aromatic rings. The average Bonchev–Trinajstić information content (AvgIpc) is 3.28. The molecular weight excluding hydrogens is 464 g/mol. The molecule has 0 radical (unpaired) electrons. The molecule has 2 bridgehead atoms. The smallest absolute Gasteiger partial charge is 0.313 e. The van der Waals surface area contributed by atoms with Crippen LogP contribution in [-0.4, -0.2) is 51.9 Å². The molecule has 6 N–H and O–H groups in total. The fourth-order valence-electron chi connectivity index (χ4n) is 4.21. The number of para-hydroxylation sites is 1. The van der Waals surface area contributed by atoms with Gasteiger partial charge in [-0.1, -0.05) is 18.2 Å². The number of carbonyl (C=O) groups is 3. The van der Waals surface area contributed by atoms with Crippen molar-refractivity contribution < 1.29 is 19.8 Å². The summed E-state index contributed by atoms with van der Waals surface area (Å²) < 4.78 is 0.615. The molecule has 31 heavy (non-hydrogen) atoms. The number of nitrogens with one attached hydrogen (secondary N) is 2. The van der Waals surface area contributed by atoms with Crippen molar-refractivity contribution in [3.8, 4) is 0 Å². The van der Waals surface area contributed by atoms with Crippen molar-refractivity contribution in [2.75, 3.05) is 17.2 Å². The first-order valence-electron chi connectivity index (χ1n) is 9.85. The molecule has 3 aliphatic rings. The van der Waals surface area contributed by atoms with Crippen LogP contribution in [0.1, 0.15) is 18.4 Å². The normalized spacial score (nSPS) is 21.2. The number of benzene rings is 1. The quantitative estimate of drug-likeness (QED) is 0.320. The minimum Gasteiger partial charge on any atom is -0.375 e. The highest BCUT2D eigenvalue weighted by Gasteiger charge is 2.55. The van der Waals surface area contributed by atoms with E-state index in [4.69, 9.17) is 11.1 Å². The van der Waals surface area contributed by atoms with Crippen molar-refractivity contribution in [3.63, 3.8) is 0 Å². The Morgan fingerprint density at radius 1 is 1.16 bits per heavy atom. The Hall–Kier alpha value is -3.27. The van der Waals surface area contributed by atoms with E-state index in [0.29, 0.717) is 21.7 Å². The molecule has 1 aliphatic carbocycles. The van der Waals surface area contributed by atoms with Crippen molar-refractivity contribution >= 4 is 50.9 Å². The molecule has 1 aromatic heterocycles. The summed E-state index contributed by atoms with van der Waals surface area (Å²) in [5.41, 5.74) is 6.16. The van der Waals surface area contributed by atoms with Crippen LogP contribution in [-0.2, 0) is 14.4 Å². The fourth-order valence-corrected chi connectivity index (χ4v) is 4.56. The van der Waals surface area contributed by atoms with Crippen LogP contribution in [0.3, 0.4) is 0 Å². The average molecular weight is 486 g/mol. The molecule has 1 aromatic carbocycles. The number of nitrogens with zero attached hydrogens (tertiary/aromatic N) is 2. The third-order valence-electron chi connectivity index (χ3n) is 5.73. The van der Waals surface area contributed by atoms with Crippen molar-refractivity contribution in [1.29, 1.82) is 0 Å². The van der Waals surface area contributed by atoms with Crippen LogP contribution in [0.5, 0.6) is 0 Å². The molecule has 5 rings (SSSR count). The van der Waals surface area contributed by atoms with E-state index < -0.39 is 11.9 Å². The first kappa shape index (κ1) is 21.0. The summed E-state index contributed by atoms with van der Waals surface area (Å²) in [6.45, 7) is -0.0365. The van der Waals surface area contributed by atoms with Gasteiger partial charge < -0.3 is 21.3 Å². The Bertz CT molecular complexity index is 1070. The summed E-state index contributed by atoms with van der Waals surface area (Å²) in [5, 5.41) is 11.6. The van der Waals surface area contributed by atoms with Crippen molar-refractivity contribution in [3.05, 3.63) is 52.6 Å². The second kappa shape index (κ2) is 8.46. The van der Waals surface area contributed by atoms with E-state index in [1.807, 2.05) is 0 Å². The highest BCUT2D eigenvalue weighted by atomic mass is 79.9. The van der Waals surface area contributed by atoms with Gasteiger partial charge in [0.1, 0.15) is 16.5 Å². The number of halogens is 1. The Balaban J connectivity index is 1.44. The Kier molecular flexibility index (Phi) is 5.73. The van der Waals surface area contributed by atoms with Crippen molar-refractivity contribution in [2.24, 2.45) is 11.7 Å². The number of hydrogen-bond acceptors (Lipinski definition) is 5. The number of anilines is 2. The van der Waals surface area contributed by atoms with E-state index in [1.165, 1.54) is 0 Å². The molecular formula is C21H22BrN6O3+. The summed E-state index contributed by atoms with van der Waals surface area (Å²) in [6, 6.07) is 11.6. The van der Waals surface area contributed by atoms with E-state index in [-0.39, 0.29) is 36.0 Å². The molecule has 2 saturated heterocycles. The zero-order chi connectivity index (χ0) is 22.1. The monoisotopic (exact) mass is 485 g/mol. The van der Waals surface area contributed by atoms with E-state index in [2.05, 4.69) is 31.5 Å². The first-order chi connectivity index (χ1) is 14.8. The summed E-state index contributed by atoms with van der Waals surface area (Å²) in [6.07, 6.45) is 1.63. The van der Waals surface area contributed by atoms with Crippen LogP contribution < -0.4 is 21.8 Å². The van der Waals surface area contributed by atoms with Gasteiger partial charge in [-0.2, -0.15) is 0 Å². The summed E-state index contributed by atoms with van der Waals surface area (Å²) >= 11 is 3.28. The maximum atomic E-state index is 13.0. The van der Waals surface area contributed by atoms with Gasteiger partial charge in [-0.3, -0.25) is 14.4 Å². The molecule has 0 spiro atoms. The predicted octanol–water partition coefficient (Wildman–Crippen LogP) is -0.0824. The molecule has 1 atom stereocenters. The maximum Gasteiger partial charge on any atom is 0.313 e. The van der Waals surface area contributed by atoms with Crippen molar-refractivity contribution in [2.45, 2.75) is 24.9 Å². The standard InChI is InChI=1S/C21H21BrN6O3/c22-15-6-3-7-16(26-15)27-21(31)19-11-8-12(9-11)28(19)17(29)10-25-14-5-2-1-4-13(14)18(23)20(24)30/h1-7,11-12,19,23,25H,8-10H2,(H2,24,30)(H,26,27,31)/p+1. The summed E-state index contributed by atoms with van der Waals surface area (Å²) in [4.78, 5) is 43.3. The molecule has 9 nitrogen and oxygen atoms in total. The molecule has 1 unspecified atom stereocenters. The second-order valence-corrected chi connectivity index (χ2v) is 8.46. The zero-order valence-electron chi connectivity index (χ0n) is 16.5. The molecule has 3 amide bonds. The van der Waals surface area contributed by atoms with Gasteiger partial charge >= 0.3 is 5.91 Å². The number of hydrogen-bond donors (Lipinski definition) is 4. The third kappa shape index (κ3) is 4.15. The molecule has 1 saturated carbocycles. The van der Waals surface area contributed by atoms with Gasteiger partial charge in [0.25, 0.3) is 5.71 Å². The van der Waals surface area contributed by atoms with Crippen LogP contribution in [0.15, 0.2) is 47.1 Å². The van der Waals surface area contributed by atoms with Crippen LogP contribution in [0.4, 0.5) is 11.5 Å². The number of amides is 3. The number of carbonyl (C=O) groups excluding carboxylic acids is 3. The van der Waals surface area contributed by atoms with Crippen molar-refractivity contribution in [1.82, 2.24) is 9.88 Å². The van der Waals surface area contributed by atoms with Gasteiger partial charge in [0, 0.05) is 11.7 Å². The lowest BCUT2D eigenvalue weighted by Crippen LogP contribution is -2.49. The fraction of sp³-hybridized carbons (Fsp3) is 0.286. The minimum absolute atomic E-state index is 0.0365. The highest BCUT2D eigenvalue weighted by Crippen LogP contribution is 2.46. The van der Waals surface area contributed by atoms with E-state index in [0.717, 1.165) is 12.8 Å². The van der Waals surface area contributed by atoms with Crippen LogP contribution in [0, 0.1) is 5.92 Å². The maximum absolute atomic E-state index is 13.0. The zero-order valence-corrected chi connectivity index (χ0v) is 18.1. The number of primary amides is 1. The number of aromatic nitrogens is 1. The van der Waals surface area contributed by atoms with E-state index in [1.54, 1.807) is 47.4 Å². The molecule has 2 aliphatic heterocycles. The van der Waals surface area contributed by atoms with Gasteiger partial charge in [-0.15, -0.1) is 0 Å². The van der Waals surface area contributed by atoms with Crippen LogP contribution >= 0.6 is 15.9 Å². The lowest BCUT2D eigenvalue weighted by atomic mass is 9.83. The molecule has 160 valence electrons. The number of nitrogens with two attached hydrogens (primary N) is 2. The minimum atomic E-state index is -0.737. The first-order valence-corrected chi connectivity index (χ1v) is 10.6. The second-order valence-electron chi connectivity index (χ2n) is 7.64. The van der Waals surface area contributed by atoms with Gasteiger partial charge in [0.15, 0.2) is 0 Å². The third-order valence-corrected chi connectivity index (χ3v) is 6.17. The van der Waals surface area contributed by atoms with Gasteiger partial charge in [0.05, 0.1) is 12.1 Å². The summed E-state index contributed by atoms with van der Waals surface area (Å²) in [5.74, 6) is -0.595.